The van der Waals surface area contributed by atoms with Crippen LogP contribution in [0, 0.1) is 0 Å². The number of thiophene rings is 1. The van der Waals surface area contributed by atoms with Crippen LogP contribution < -0.4 is 10.6 Å². The molecule has 0 saturated carbocycles. The predicted octanol–water partition coefficient (Wildman–Crippen LogP) is 5.24. The molecule has 0 fully saturated rings. The van der Waals surface area contributed by atoms with Crippen LogP contribution in [0.2, 0.25) is 0 Å². The third kappa shape index (κ3) is 4.41. The van der Waals surface area contributed by atoms with E-state index in [1.807, 2.05) is 0 Å². The maximum Gasteiger partial charge on any atom is 0.416 e. The number of alkyl halides is 3. The largest absolute Gasteiger partial charge is 0.465 e. The van der Waals surface area contributed by atoms with Gasteiger partial charge >= 0.3 is 12.1 Å². The Morgan fingerprint density at radius 2 is 1.81 bits per heavy atom. The van der Waals surface area contributed by atoms with Gasteiger partial charge < -0.3 is 15.4 Å². The number of hydrogen-bond donors (Lipinski definition) is 2. The minimum atomic E-state index is -4.39. The normalized spacial score (nSPS) is 13.6. The number of benzene rings is 1. The maximum atomic E-state index is 12.6. The standard InChI is InChI=1S/C18H17F3N2O2S2/c1-25-16(24)14-12-4-2-3-5-13(12)27-15(14)23-17(26)22-11-8-6-10(7-9-11)18(19,20)21/h6-9H,2-5H2,1H3,(H2,22,23,26). The number of anilines is 2. The Bertz CT molecular complexity index is 861. The molecule has 0 atom stereocenters. The van der Waals surface area contributed by atoms with Crippen molar-refractivity contribution in [3.8, 4) is 0 Å². The number of esters is 1. The number of methoxy groups -OCH3 is 1. The van der Waals surface area contributed by atoms with Gasteiger partial charge in [0.25, 0.3) is 0 Å². The highest BCUT2D eigenvalue weighted by atomic mass is 32.1. The molecule has 1 aromatic carbocycles. The highest BCUT2D eigenvalue weighted by Crippen LogP contribution is 2.38. The van der Waals surface area contributed by atoms with E-state index >= 15 is 0 Å². The SMILES string of the molecule is COC(=O)c1c(NC(=S)Nc2ccc(C(F)(F)F)cc2)sc2c1CCCC2. The van der Waals surface area contributed by atoms with Gasteiger partial charge in [-0.25, -0.2) is 4.79 Å². The zero-order chi connectivity index (χ0) is 19.6. The summed E-state index contributed by atoms with van der Waals surface area (Å²) in [7, 11) is 1.33. The number of nitrogens with one attached hydrogen (secondary N) is 2. The zero-order valence-electron chi connectivity index (χ0n) is 14.4. The van der Waals surface area contributed by atoms with Crippen molar-refractivity contribution in [2.75, 3.05) is 17.7 Å². The van der Waals surface area contributed by atoms with Gasteiger partial charge in [-0.15, -0.1) is 11.3 Å². The van der Waals surface area contributed by atoms with Crippen LogP contribution in [0.1, 0.15) is 39.2 Å². The Morgan fingerprint density at radius 1 is 1.15 bits per heavy atom. The molecule has 0 radical (unpaired) electrons. The number of carbonyl (C=O) groups is 1. The van der Waals surface area contributed by atoms with Gasteiger partial charge in [-0.1, -0.05) is 0 Å². The van der Waals surface area contributed by atoms with Gasteiger partial charge in [0, 0.05) is 10.6 Å². The van der Waals surface area contributed by atoms with Crippen LogP contribution in [0.5, 0.6) is 0 Å². The first kappa shape index (κ1) is 19.6. The van der Waals surface area contributed by atoms with Crippen LogP contribution in [-0.2, 0) is 23.8 Å². The Balaban J connectivity index is 1.76. The summed E-state index contributed by atoms with van der Waals surface area (Å²) in [6, 6.07) is 4.57. The van der Waals surface area contributed by atoms with E-state index < -0.39 is 17.7 Å². The fourth-order valence-corrected chi connectivity index (χ4v) is 4.55. The number of fused-ring (bicyclic) bond motifs is 1. The Labute approximate surface area is 163 Å². The molecule has 4 nitrogen and oxygen atoms in total. The van der Waals surface area contributed by atoms with Crippen molar-refractivity contribution in [1.29, 1.82) is 0 Å². The molecule has 0 amide bonds. The van der Waals surface area contributed by atoms with Gasteiger partial charge in [0.2, 0.25) is 0 Å². The molecule has 0 bridgehead atoms. The van der Waals surface area contributed by atoms with Crippen LogP contribution in [0.4, 0.5) is 23.9 Å². The van der Waals surface area contributed by atoms with Crippen LogP contribution >= 0.6 is 23.6 Å². The maximum absolute atomic E-state index is 12.6. The average molecular weight is 414 g/mol. The number of carbonyl (C=O) groups excluding carboxylic acids is 1. The fourth-order valence-electron chi connectivity index (χ4n) is 2.98. The lowest BCUT2D eigenvalue weighted by Gasteiger charge is -2.13. The molecule has 0 saturated heterocycles. The van der Waals surface area contributed by atoms with Gasteiger partial charge in [0.1, 0.15) is 5.00 Å². The molecule has 1 heterocycles. The second-order valence-corrected chi connectivity index (χ2v) is 7.57. The third-order valence-electron chi connectivity index (χ3n) is 4.26. The Hall–Kier alpha value is -2.13. The summed E-state index contributed by atoms with van der Waals surface area (Å²) in [5, 5.41) is 6.62. The van der Waals surface area contributed by atoms with E-state index in [-0.39, 0.29) is 5.11 Å². The molecule has 1 aliphatic rings. The lowest BCUT2D eigenvalue weighted by Crippen LogP contribution is -2.20. The van der Waals surface area contributed by atoms with Crippen LogP contribution in [0.15, 0.2) is 24.3 Å². The number of halogens is 3. The third-order valence-corrected chi connectivity index (χ3v) is 5.67. The summed E-state index contributed by atoms with van der Waals surface area (Å²) in [5.74, 6) is -0.422. The van der Waals surface area contributed by atoms with Crippen molar-refractivity contribution >= 4 is 45.3 Å². The van der Waals surface area contributed by atoms with Crippen molar-refractivity contribution in [2.24, 2.45) is 0 Å². The van der Waals surface area contributed by atoms with Crippen LogP contribution in [0.25, 0.3) is 0 Å². The van der Waals surface area contributed by atoms with E-state index in [9.17, 15) is 18.0 Å². The molecule has 0 spiro atoms. The van der Waals surface area contributed by atoms with Crippen molar-refractivity contribution in [1.82, 2.24) is 0 Å². The van der Waals surface area contributed by atoms with Crippen molar-refractivity contribution < 1.29 is 22.7 Å². The molecule has 1 aliphatic carbocycles. The molecule has 9 heteroatoms. The topological polar surface area (TPSA) is 50.4 Å². The summed E-state index contributed by atoms with van der Waals surface area (Å²) < 4.78 is 42.8. The van der Waals surface area contributed by atoms with E-state index in [2.05, 4.69) is 10.6 Å². The second-order valence-electron chi connectivity index (χ2n) is 6.06. The molecular weight excluding hydrogens is 397 g/mol. The minimum Gasteiger partial charge on any atom is -0.465 e. The summed E-state index contributed by atoms with van der Waals surface area (Å²) >= 11 is 6.72. The monoisotopic (exact) mass is 414 g/mol. The molecule has 144 valence electrons. The summed E-state index contributed by atoms with van der Waals surface area (Å²) in [4.78, 5) is 13.4. The first-order valence-corrected chi connectivity index (χ1v) is 9.50. The quantitative estimate of drug-likeness (QED) is 0.531. The number of ether oxygens (including phenoxy) is 1. The lowest BCUT2D eigenvalue weighted by molar-refractivity contribution is -0.137. The summed E-state index contributed by atoms with van der Waals surface area (Å²) in [5.41, 5.74) is 1.18. The highest BCUT2D eigenvalue weighted by molar-refractivity contribution is 7.80. The van der Waals surface area contributed by atoms with Crippen LogP contribution in [-0.4, -0.2) is 18.2 Å². The van der Waals surface area contributed by atoms with E-state index in [0.29, 0.717) is 16.3 Å². The number of thiocarbonyl (C=S) groups is 1. The number of rotatable bonds is 3. The van der Waals surface area contributed by atoms with Crippen LogP contribution in [0.3, 0.4) is 0 Å². The zero-order valence-corrected chi connectivity index (χ0v) is 16.0. The second kappa shape index (κ2) is 7.85. The highest BCUT2D eigenvalue weighted by Gasteiger charge is 2.30. The van der Waals surface area contributed by atoms with Gasteiger partial charge in [-0.05, 0) is 67.7 Å². The fraction of sp³-hybridized carbons (Fsp3) is 0.333. The van der Waals surface area contributed by atoms with Crippen molar-refractivity contribution in [3.63, 3.8) is 0 Å². The number of aryl methyl sites for hydroxylation is 1. The number of hydrogen-bond acceptors (Lipinski definition) is 4. The average Bonchev–Trinajstić information content (AvgIpc) is 2.98. The van der Waals surface area contributed by atoms with Gasteiger partial charge in [-0.2, -0.15) is 13.2 Å². The first-order chi connectivity index (χ1) is 12.8. The lowest BCUT2D eigenvalue weighted by atomic mass is 9.95. The molecule has 27 heavy (non-hydrogen) atoms. The predicted molar refractivity (Wildman–Crippen MR) is 104 cm³/mol. The van der Waals surface area contributed by atoms with Gasteiger partial charge in [0.05, 0.1) is 18.2 Å². The molecule has 0 unspecified atom stereocenters. The van der Waals surface area contributed by atoms with Gasteiger partial charge in [-0.3, -0.25) is 0 Å². The van der Waals surface area contributed by atoms with E-state index in [1.54, 1.807) is 0 Å². The molecular formula is C18H17F3N2O2S2. The molecule has 2 aromatic rings. The Morgan fingerprint density at radius 3 is 2.44 bits per heavy atom. The van der Waals surface area contributed by atoms with E-state index in [0.717, 1.165) is 48.3 Å². The molecule has 3 rings (SSSR count). The van der Waals surface area contributed by atoms with E-state index in [4.69, 9.17) is 17.0 Å². The smallest absolute Gasteiger partial charge is 0.416 e. The van der Waals surface area contributed by atoms with Gasteiger partial charge in [0.15, 0.2) is 5.11 Å². The summed E-state index contributed by atoms with van der Waals surface area (Å²) in [6.07, 6.45) is -0.576. The molecule has 0 aliphatic heterocycles. The minimum absolute atomic E-state index is 0.193. The first-order valence-electron chi connectivity index (χ1n) is 8.27. The van der Waals surface area contributed by atoms with Crippen molar-refractivity contribution in [3.05, 3.63) is 45.8 Å². The molecule has 1 aromatic heterocycles. The Kier molecular flexibility index (Phi) is 5.71. The van der Waals surface area contributed by atoms with Crippen molar-refractivity contribution in [2.45, 2.75) is 31.9 Å². The van der Waals surface area contributed by atoms with E-state index in [1.165, 1.54) is 30.6 Å². The summed E-state index contributed by atoms with van der Waals surface area (Å²) in [6.45, 7) is 0. The molecule has 2 N–H and O–H groups in total.